The molecule has 1 N–H and O–H groups in total. The number of hydrogen-bond donors (Lipinski definition) is 1. The van der Waals surface area contributed by atoms with E-state index in [1.54, 1.807) is 0 Å². The zero-order chi connectivity index (χ0) is 14.9. The number of aromatic nitrogens is 1. The number of fused-ring (bicyclic) bond motifs is 1. The highest BCUT2D eigenvalue weighted by atomic mass is 16.5. The summed E-state index contributed by atoms with van der Waals surface area (Å²) in [6.07, 6.45) is 7.18. The van der Waals surface area contributed by atoms with E-state index < -0.39 is 0 Å². The van der Waals surface area contributed by atoms with E-state index >= 15 is 0 Å². The molecule has 2 unspecified atom stereocenters. The van der Waals surface area contributed by atoms with Gasteiger partial charge in [0.05, 0.1) is 0 Å². The lowest BCUT2D eigenvalue weighted by atomic mass is 9.91. The molecule has 0 spiro atoms. The SMILES string of the molecule is CC(C1CCCN1)n1ccc2ccc(C3CCOCC3)cc21. The molecule has 118 valence electrons. The van der Waals surface area contributed by atoms with Gasteiger partial charge in [0, 0.05) is 37.0 Å². The van der Waals surface area contributed by atoms with E-state index in [0.717, 1.165) is 26.1 Å². The average Bonchev–Trinajstić information content (AvgIpc) is 3.24. The number of hydrogen-bond acceptors (Lipinski definition) is 2. The van der Waals surface area contributed by atoms with E-state index in [-0.39, 0.29) is 0 Å². The second-order valence-corrected chi connectivity index (χ2v) is 6.87. The van der Waals surface area contributed by atoms with Gasteiger partial charge in [-0.1, -0.05) is 12.1 Å². The Balaban J connectivity index is 1.66. The van der Waals surface area contributed by atoms with Crippen molar-refractivity contribution in [1.29, 1.82) is 0 Å². The van der Waals surface area contributed by atoms with Gasteiger partial charge in [-0.25, -0.2) is 0 Å². The van der Waals surface area contributed by atoms with Crippen LogP contribution in [0.3, 0.4) is 0 Å². The van der Waals surface area contributed by atoms with E-state index in [2.05, 4.69) is 47.3 Å². The molecule has 1 aromatic heterocycles. The molecule has 0 saturated carbocycles. The molecule has 22 heavy (non-hydrogen) atoms. The standard InChI is InChI=1S/C19H26N2O/c1-14(18-3-2-9-20-18)21-10-6-16-4-5-17(13-19(16)21)15-7-11-22-12-8-15/h4-6,10,13-15,18,20H,2-3,7-9,11-12H2,1H3. The minimum absolute atomic E-state index is 0.518. The van der Waals surface area contributed by atoms with Gasteiger partial charge in [0.15, 0.2) is 0 Å². The van der Waals surface area contributed by atoms with Crippen LogP contribution in [0, 0.1) is 0 Å². The smallest absolute Gasteiger partial charge is 0.0486 e. The van der Waals surface area contributed by atoms with Crippen LogP contribution >= 0.6 is 0 Å². The van der Waals surface area contributed by atoms with Gasteiger partial charge in [-0.2, -0.15) is 0 Å². The Morgan fingerprint density at radius 3 is 2.82 bits per heavy atom. The second kappa shape index (κ2) is 6.05. The molecule has 0 aliphatic carbocycles. The Bertz CT molecular complexity index is 636. The van der Waals surface area contributed by atoms with E-state index in [0.29, 0.717) is 18.0 Å². The van der Waals surface area contributed by atoms with Crippen LogP contribution in [0.25, 0.3) is 10.9 Å². The van der Waals surface area contributed by atoms with Crippen molar-refractivity contribution >= 4 is 10.9 Å². The fraction of sp³-hybridized carbons (Fsp3) is 0.579. The fourth-order valence-corrected chi connectivity index (χ4v) is 4.12. The number of ether oxygens (including phenoxy) is 1. The molecule has 2 aromatic rings. The topological polar surface area (TPSA) is 26.2 Å². The number of rotatable bonds is 3. The molecule has 2 saturated heterocycles. The summed E-state index contributed by atoms with van der Waals surface area (Å²) in [5.41, 5.74) is 2.88. The highest BCUT2D eigenvalue weighted by molar-refractivity contribution is 5.81. The summed E-state index contributed by atoms with van der Waals surface area (Å²) in [6.45, 7) is 5.34. The van der Waals surface area contributed by atoms with Gasteiger partial charge in [0.1, 0.15) is 0 Å². The molecular weight excluding hydrogens is 272 g/mol. The first-order valence-electron chi connectivity index (χ1n) is 8.74. The summed E-state index contributed by atoms with van der Waals surface area (Å²) >= 11 is 0. The molecule has 2 fully saturated rings. The van der Waals surface area contributed by atoms with Gasteiger partial charge in [-0.3, -0.25) is 0 Å². The summed E-state index contributed by atoms with van der Waals surface area (Å²) in [4.78, 5) is 0. The molecule has 2 aliphatic heterocycles. The average molecular weight is 298 g/mol. The van der Waals surface area contributed by atoms with Crippen LogP contribution in [0.2, 0.25) is 0 Å². The summed E-state index contributed by atoms with van der Waals surface area (Å²) in [5, 5.41) is 5.01. The first kappa shape index (κ1) is 14.3. The van der Waals surface area contributed by atoms with E-state index in [4.69, 9.17) is 4.74 Å². The largest absolute Gasteiger partial charge is 0.381 e. The normalized spacial score (nSPS) is 24.9. The maximum absolute atomic E-state index is 5.51. The van der Waals surface area contributed by atoms with Crippen molar-refractivity contribution < 1.29 is 4.74 Å². The molecule has 0 amide bonds. The van der Waals surface area contributed by atoms with Crippen LogP contribution in [-0.4, -0.2) is 30.4 Å². The highest BCUT2D eigenvalue weighted by Gasteiger charge is 2.23. The van der Waals surface area contributed by atoms with Gasteiger partial charge in [-0.05, 0) is 68.2 Å². The van der Waals surface area contributed by atoms with Crippen LogP contribution < -0.4 is 5.32 Å². The van der Waals surface area contributed by atoms with Gasteiger partial charge in [0.25, 0.3) is 0 Å². The molecule has 1 aromatic carbocycles. The van der Waals surface area contributed by atoms with Crippen LogP contribution in [0.4, 0.5) is 0 Å². The van der Waals surface area contributed by atoms with Gasteiger partial charge < -0.3 is 14.6 Å². The summed E-state index contributed by atoms with van der Waals surface area (Å²) in [6, 6.07) is 10.4. The molecule has 3 heterocycles. The summed E-state index contributed by atoms with van der Waals surface area (Å²) < 4.78 is 7.98. The quantitative estimate of drug-likeness (QED) is 0.931. The Kier molecular flexibility index (Phi) is 3.93. The van der Waals surface area contributed by atoms with Crippen LogP contribution in [-0.2, 0) is 4.74 Å². The number of nitrogens with one attached hydrogen (secondary N) is 1. The highest BCUT2D eigenvalue weighted by Crippen LogP contribution is 2.31. The third-order valence-electron chi connectivity index (χ3n) is 5.56. The first-order valence-corrected chi connectivity index (χ1v) is 8.74. The fourth-order valence-electron chi connectivity index (χ4n) is 4.12. The van der Waals surface area contributed by atoms with Crippen LogP contribution in [0.15, 0.2) is 30.5 Å². The third-order valence-corrected chi connectivity index (χ3v) is 5.56. The number of nitrogens with zero attached hydrogens (tertiary/aromatic N) is 1. The second-order valence-electron chi connectivity index (χ2n) is 6.87. The summed E-state index contributed by atoms with van der Waals surface area (Å²) in [7, 11) is 0. The van der Waals surface area contributed by atoms with Crippen molar-refractivity contribution in [3.05, 3.63) is 36.0 Å². The van der Waals surface area contributed by atoms with E-state index in [1.807, 2.05) is 0 Å². The van der Waals surface area contributed by atoms with Crippen molar-refractivity contribution in [1.82, 2.24) is 9.88 Å². The molecule has 3 heteroatoms. The predicted octanol–water partition coefficient (Wildman–Crippen LogP) is 3.85. The molecule has 2 atom stereocenters. The molecular formula is C19H26N2O. The lowest BCUT2D eigenvalue weighted by Gasteiger charge is -2.24. The molecule has 2 aliphatic rings. The minimum atomic E-state index is 0.518. The number of benzene rings is 1. The van der Waals surface area contributed by atoms with Gasteiger partial charge >= 0.3 is 0 Å². The Hall–Kier alpha value is -1.32. The van der Waals surface area contributed by atoms with Crippen molar-refractivity contribution in [3.8, 4) is 0 Å². The van der Waals surface area contributed by atoms with Crippen molar-refractivity contribution in [3.63, 3.8) is 0 Å². The predicted molar refractivity (Wildman–Crippen MR) is 90.5 cm³/mol. The first-order chi connectivity index (χ1) is 10.8. The monoisotopic (exact) mass is 298 g/mol. The van der Waals surface area contributed by atoms with E-state index in [1.165, 1.54) is 35.9 Å². The lowest BCUT2D eigenvalue weighted by molar-refractivity contribution is 0.0853. The van der Waals surface area contributed by atoms with Gasteiger partial charge in [0.2, 0.25) is 0 Å². The third kappa shape index (κ3) is 2.57. The Morgan fingerprint density at radius 1 is 1.18 bits per heavy atom. The zero-order valence-electron chi connectivity index (χ0n) is 13.4. The summed E-state index contributed by atoms with van der Waals surface area (Å²) in [5.74, 6) is 0.668. The lowest BCUT2D eigenvalue weighted by Crippen LogP contribution is -2.30. The zero-order valence-corrected chi connectivity index (χ0v) is 13.4. The van der Waals surface area contributed by atoms with E-state index in [9.17, 15) is 0 Å². The minimum Gasteiger partial charge on any atom is -0.381 e. The molecule has 3 nitrogen and oxygen atoms in total. The van der Waals surface area contributed by atoms with Crippen molar-refractivity contribution in [2.45, 2.75) is 50.6 Å². The molecule has 4 rings (SSSR count). The Labute approximate surface area is 132 Å². The molecule has 0 radical (unpaired) electrons. The maximum atomic E-state index is 5.51. The van der Waals surface area contributed by atoms with Gasteiger partial charge in [-0.15, -0.1) is 0 Å². The van der Waals surface area contributed by atoms with Crippen molar-refractivity contribution in [2.75, 3.05) is 19.8 Å². The van der Waals surface area contributed by atoms with Crippen molar-refractivity contribution in [2.24, 2.45) is 0 Å². The van der Waals surface area contributed by atoms with Crippen LogP contribution in [0.5, 0.6) is 0 Å². The molecule has 0 bridgehead atoms. The Morgan fingerprint density at radius 2 is 2.05 bits per heavy atom. The van der Waals surface area contributed by atoms with Crippen LogP contribution in [0.1, 0.15) is 50.1 Å². The maximum Gasteiger partial charge on any atom is 0.0486 e.